The van der Waals surface area contributed by atoms with Crippen LogP contribution in [0.3, 0.4) is 0 Å². The zero-order valence-corrected chi connectivity index (χ0v) is 6.82. The Kier molecular flexibility index (Phi) is 1.66. The zero-order valence-electron chi connectivity index (χ0n) is 6.07. The van der Waals surface area contributed by atoms with E-state index >= 15 is 0 Å². The van der Waals surface area contributed by atoms with Gasteiger partial charge in [-0.1, -0.05) is 17.7 Å². The van der Waals surface area contributed by atoms with Crippen LogP contribution >= 0.6 is 11.6 Å². The Balaban J connectivity index is 2.44. The molecule has 0 bridgehead atoms. The molecule has 0 aromatic rings. The molecule has 0 radical (unpaired) electrons. The molecule has 60 valence electrons. The molecular weight excluding hydrogens is 176 g/mol. The van der Waals surface area contributed by atoms with E-state index in [2.05, 4.69) is 9.98 Å². The van der Waals surface area contributed by atoms with Crippen LogP contribution < -0.4 is 0 Å². The summed E-state index contributed by atoms with van der Waals surface area (Å²) in [4.78, 5) is 18.5. The summed E-state index contributed by atoms with van der Waals surface area (Å²) in [7, 11) is 0. The molecule has 0 saturated carbocycles. The second-order valence-electron chi connectivity index (χ2n) is 2.48. The number of fused-ring (bicyclic) bond motifs is 1. The summed E-state index contributed by atoms with van der Waals surface area (Å²) in [5.74, 6) is 0.0306. The Morgan fingerprint density at radius 2 is 2.33 bits per heavy atom. The highest BCUT2D eigenvalue weighted by Gasteiger charge is 2.23. The maximum absolute atomic E-state index is 10.9. The molecule has 0 aromatic carbocycles. The minimum Gasteiger partial charge on any atom is -0.267 e. The Morgan fingerprint density at radius 3 is 3.17 bits per heavy atom. The van der Waals surface area contributed by atoms with Crippen molar-refractivity contribution in [1.29, 1.82) is 0 Å². The average molecular weight is 181 g/mol. The molecule has 1 amide bonds. The van der Waals surface area contributed by atoms with Crippen LogP contribution in [0.2, 0.25) is 0 Å². The van der Waals surface area contributed by atoms with Crippen molar-refractivity contribution >= 4 is 29.6 Å². The molecule has 0 aromatic heterocycles. The SMILES string of the molecule is O=C1C=C(Cl)C2C=CC=NC2=N1. The first-order valence-electron chi connectivity index (χ1n) is 3.48. The van der Waals surface area contributed by atoms with Crippen LogP contribution in [0.4, 0.5) is 0 Å². The van der Waals surface area contributed by atoms with Crippen molar-refractivity contribution in [2.45, 2.75) is 0 Å². The van der Waals surface area contributed by atoms with E-state index in [1.807, 2.05) is 6.08 Å². The van der Waals surface area contributed by atoms with Gasteiger partial charge < -0.3 is 0 Å². The van der Waals surface area contributed by atoms with Crippen molar-refractivity contribution in [3.63, 3.8) is 0 Å². The van der Waals surface area contributed by atoms with Crippen LogP contribution in [0.15, 0.2) is 33.2 Å². The van der Waals surface area contributed by atoms with Crippen molar-refractivity contribution in [1.82, 2.24) is 0 Å². The van der Waals surface area contributed by atoms with Gasteiger partial charge in [-0.15, -0.1) is 0 Å². The highest BCUT2D eigenvalue weighted by atomic mass is 35.5. The largest absolute Gasteiger partial charge is 0.272 e. The predicted octanol–water partition coefficient (Wildman–Crippen LogP) is 1.30. The fraction of sp³-hybridized carbons (Fsp3) is 0.125. The average Bonchev–Trinajstić information content (AvgIpc) is 2.04. The lowest BCUT2D eigenvalue weighted by atomic mass is 10.0. The summed E-state index contributed by atoms with van der Waals surface area (Å²) >= 11 is 5.82. The highest BCUT2D eigenvalue weighted by molar-refractivity contribution is 6.35. The number of allylic oxidation sites excluding steroid dienone is 1. The monoisotopic (exact) mass is 180 g/mol. The summed E-state index contributed by atoms with van der Waals surface area (Å²) in [6.45, 7) is 0. The van der Waals surface area contributed by atoms with Gasteiger partial charge in [-0.2, -0.15) is 4.99 Å². The number of amidine groups is 1. The lowest BCUT2D eigenvalue weighted by Crippen LogP contribution is -2.19. The van der Waals surface area contributed by atoms with E-state index < -0.39 is 0 Å². The normalized spacial score (nSPS) is 26.4. The summed E-state index contributed by atoms with van der Waals surface area (Å²) in [5, 5.41) is 0.484. The predicted molar refractivity (Wildman–Crippen MR) is 47.5 cm³/mol. The van der Waals surface area contributed by atoms with Crippen LogP contribution in [0.1, 0.15) is 0 Å². The van der Waals surface area contributed by atoms with Gasteiger partial charge in [0.2, 0.25) is 0 Å². The summed E-state index contributed by atoms with van der Waals surface area (Å²) < 4.78 is 0. The summed E-state index contributed by atoms with van der Waals surface area (Å²) in [6.07, 6.45) is 6.56. The van der Waals surface area contributed by atoms with E-state index in [0.29, 0.717) is 10.9 Å². The maximum atomic E-state index is 10.9. The number of rotatable bonds is 0. The molecule has 4 heteroatoms. The summed E-state index contributed by atoms with van der Waals surface area (Å²) in [5.41, 5.74) is 0. The van der Waals surface area contributed by atoms with Gasteiger partial charge in [0, 0.05) is 17.3 Å². The molecule has 2 rings (SSSR count). The minimum atomic E-state index is -0.335. The first-order valence-corrected chi connectivity index (χ1v) is 3.85. The number of aliphatic imine (C=N–C) groups is 2. The van der Waals surface area contributed by atoms with Crippen LogP contribution in [0, 0.1) is 5.92 Å². The molecule has 0 saturated heterocycles. The van der Waals surface area contributed by atoms with Crippen LogP contribution in [0.5, 0.6) is 0 Å². The lowest BCUT2D eigenvalue weighted by Gasteiger charge is -2.16. The molecule has 0 aliphatic carbocycles. The molecule has 0 N–H and O–H groups in total. The van der Waals surface area contributed by atoms with Crippen molar-refractivity contribution < 1.29 is 4.79 Å². The third-order valence-corrected chi connectivity index (χ3v) is 2.00. The van der Waals surface area contributed by atoms with Gasteiger partial charge in [-0.3, -0.25) is 4.79 Å². The van der Waals surface area contributed by atoms with Crippen LogP contribution in [0.25, 0.3) is 0 Å². The number of carbonyl (C=O) groups excluding carboxylic acids is 1. The minimum absolute atomic E-state index is 0.116. The van der Waals surface area contributed by atoms with Gasteiger partial charge in [-0.05, 0) is 6.08 Å². The van der Waals surface area contributed by atoms with E-state index in [1.54, 1.807) is 12.3 Å². The third-order valence-electron chi connectivity index (χ3n) is 1.66. The summed E-state index contributed by atoms with van der Waals surface area (Å²) in [6, 6.07) is 0. The topological polar surface area (TPSA) is 41.8 Å². The van der Waals surface area contributed by atoms with E-state index in [9.17, 15) is 4.79 Å². The van der Waals surface area contributed by atoms with Crippen molar-refractivity contribution in [3.8, 4) is 0 Å². The molecule has 1 atom stereocenters. The number of halogens is 1. The van der Waals surface area contributed by atoms with Crippen molar-refractivity contribution in [2.24, 2.45) is 15.9 Å². The smallest absolute Gasteiger partial charge is 0.267 e. The Bertz CT molecular complexity index is 352. The van der Waals surface area contributed by atoms with Gasteiger partial charge in [0.05, 0.1) is 5.92 Å². The van der Waals surface area contributed by atoms with Crippen molar-refractivity contribution in [3.05, 3.63) is 23.3 Å². The molecule has 12 heavy (non-hydrogen) atoms. The van der Waals surface area contributed by atoms with E-state index in [-0.39, 0.29) is 11.8 Å². The van der Waals surface area contributed by atoms with Crippen molar-refractivity contribution in [2.75, 3.05) is 0 Å². The first kappa shape index (κ1) is 7.43. The van der Waals surface area contributed by atoms with Crippen LogP contribution in [-0.4, -0.2) is 18.0 Å². The maximum Gasteiger partial charge on any atom is 0.272 e. The number of hydrogen-bond acceptors (Lipinski definition) is 2. The fourth-order valence-electron chi connectivity index (χ4n) is 1.11. The third kappa shape index (κ3) is 1.12. The Hall–Kier alpha value is -1.22. The second-order valence-corrected chi connectivity index (χ2v) is 2.91. The van der Waals surface area contributed by atoms with Gasteiger partial charge in [0.25, 0.3) is 5.91 Å². The molecule has 0 fully saturated rings. The molecule has 0 spiro atoms. The fourth-order valence-corrected chi connectivity index (χ4v) is 1.38. The quantitative estimate of drug-likeness (QED) is 0.554. The highest BCUT2D eigenvalue weighted by Crippen LogP contribution is 2.24. The van der Waals surface area contributed by atoms with Crippen LogP contribution in [-0.2, 0) is 4.79 Å². The molecule has 1 unspecified atom stereocenters. The number of amides is 1. The van der Waals surface area contributed by atoms with E-state index in [4.69, 9.17) is 11.6 Å². The van der Waals surface area contributed by atoms with E-state index in [1.165, 1.54) is 6.08 Å². The zero-order chi connectivity index (χ0) is 8.55. The lowest BCUT2D eigenvalue weighted by molar-refractivity contribution is -0.113. The first-order chi connectivity index (χ1) is 5.77. The second kappa shape index (κ2) is 2.68. The molecular formula is C8H5ClN2O. The molecule has 2 aliphatic heterocycles. The van der Waals surface area contributed by atoms with Gasteiger partial charge in [0.15, 0.2) is 0 Å². The number of carbonyl (C=O) groups is 1. The molecule has 2 heterocycles. The Labute approximate surface area is 74.2 Å². The van der Waals surface area contributed by atoms with Gasteiger partial charge >= 0.3 is 0 Å². The molecule has 2 aliphatic rings. The van der Waals surface area contributed by atoms with Gasteiger partial charge in [-0.25, -0.2) is 4.99 Å². The van der Waals surface area contributed by atoms with Gasteiger partial charge in [0.1, 0.15) is 5.84 Å². The number of hydrogen-bond donors (Lipinski definition) is 0. The molecule has 3 nitrogen and oxygen atoms in total. The number of nitrogens with zero attached hydrogens (tertiary/aromatic N) is 2. The number of dihydropyridines is 2. The standard InChI is InChI=1S/C8H5ClN2O/c9-6-4-7(12)11-8-5(6)2-1-3-10-8/h1-5H. The van der Waals surface area contributed by atoms with E-state index in [0.717, 1.165) is 0 Å². The Morgan fingerprint density at radius 1 is 1.50 bits per heavy atom.